The highest BCUT2D eigenvalue weighted by Crippen LogP contribution is 2.47. The number of nitrogens with zero attached hydrogens (tertiary/aromatic N) is 2. The first-order chi connectivity index (χ1) is 20.1. The molecule has 2 aromatic carbocycles. The number of benzene rings is 2. The van der Waals surface area contributed by atoms with Crippen LogP contribution in [-0.4, -0.2) is 81.7 Å². The summed E-state index contributed by atoms with van der Waals surface area (Å²) in [4.78, 5) is 45.4. The molecule has 0 bridgehead atoms. The molecule has 4 N–H and O–H groups in total. The fourth-order valence-electron chi connectivity index (χ4n) is 6.06. The fraction of sp³-hybridized carbons (Fsp3) is 0.393. The molecule has 3 heterocycles. The monoisotopic (exact) mass is 622 g/mol. The molecule has 1 aromatic heterocycles. The van der Waals surface area contributed by atoms with Crippen molar-refractivity contribution in [3.8, 4) is 0 Å². The Labute approximate surface area is 244 Å². The van der Waals surface area contributed by atoms with Crippen LogP contribution in [0.25, 0.3) is 10.9 Å². The van der Waals surface area contributed by atoms with E-state index in [4.69, 9.17) is 0 Å². The van der Waals surface area contributed by atoms with Gasteiger partial charge in [-0.15, -0.1) is 0 Å². The highest BCUT2D eigenvalue weighted by atomic mass is 32.2. The Balaban J connectivity index is 1.54. The van der Waals surface area contributed by atoms with Crippen molar-refractivity contribution in [3.63, 3.8) is 0 Å². The zero-order valence-corrected chi connectivity index (χ0v) is 24.1. The van der Waals surface area contributed by atoms with Crippen LogP contribution in [0, 0.1) is 23.4 Å². The minimum absolute atomic E-state index is 0.0274. The lowest BCUT2D eigenvalue weighted by Gasteiger charge is -2.35. The summed E-state index contributed by atoms with van der Waals surface area (Å²) in [5, 5.41) is 13.0. The molecule has 3 aromatic rings. The quantitative estimate of drug-likeness (QED) is 0.233. The number of H-pyrrole nitrogens is 1. The van der Waals surface area contributed by atoms with Crippen LogP contribution in [0.15, 0.2) is 36.4 Å². The minimum atomic E-state index is -5.11. The van der Waals surface area contributed by atoms with Gasteiger partial charge in [-0.05, 0) is 36.5 Å². The highest BCUT2D eigenvalue weighted by molar-refractivity contribution is 7.86. The average molecular weight is 623 g/mol. The Morgan fingerprint density at radius 3 is 2.49 bits per heavy atom. The number of aliphatic hydroxyl groups excluding tert-OH is 1. The summed E-state index contributed by atoms with van der Waals surface area (Å²) in [6.45, 7) is 3.14. The zero-order chi connectivity index (χ0) is 31.6. The molecule has 11 nitrogen and oxygen atoms in total. The molecule has 230 valence electrons. The highest BCUT2D eigenvalue weighted by Gasteiger charge is 2.59. The Bertz CT molecular complexity index is 1760. The van der Waals surface area contributed by atoms with Crippen LogP contribution in [0.2, 0.25) is 0 Å². The number of hydrogen-bond acceptors (Lipinski definition) is 6. The van der Waals surface area contributed by atoms with Crippen molar-refractivity contribution in [1.82, 2.24) is 14.8 Å². The van der Waals surface area contributed by atoms with E-state index in [2.05, 4.69) is 10.3 Å². The molecule has 0 aliphatic carbocycles. The molecule has 0 saturated carbocycles. The van der Waals surface area contributed by atoms with E-state index in [0.29, 0.717) is 17.3 Å². The van der Waals surface area contributed by atoms with Gasteiger partial charge in [-0.1, -0.05) is 32.0 Å². The van der Waals surface area contributed by atoms with Crippen molar-refractivity contribution >= 4 is 44.4 Å². The lowest BCUT2D eigenvalue weighted by Crippen LogP contribution is -2.54. The molecule has 4 atom stereocenters. The lowest BCUT2D eigenvalue weighted by atomic mass is 9.79. The topological polar surface area (TPSA) is 160 Å². The number of fused-ring (bicyclic) bond motifs is 3. The predicted octanol–water partition coefficient (Wildman–Crippen LogP) is 2.77. The van der Waals surface area contributed by atoms with Gasteiger partial charge in [-0.25, -0.2) is 13.2 Å². The summed E-state index contributed by atoms with van der Waals surface area (Å²) in [6, 6.07) is 5.05. The first-order valence-electron chi connectivity index (χ1n) is 13.4. The van der Waals surface area contributed by atoms with Crippen molar-refractivity contribution in [2.45, 2.75) is 49.6 Å². The van der Waals surface area contributed by atoms with E-state index < -0.39 is 73.7 Å². The maximum absolute atomic E-state index is 14.3. The number of halogens is 3. The van der Waals surface area contributed by atoms with Gasteiger partial charge >= 0.3 is 0 Å². The van der Waals surface area contributed by atoms with Crippen LogP contribution in [0.5, 0.6) is 0 Å². The van der Waals surface area contributed by atoms with Gasteiger partial charge in [0.1, 0.15) is 17.6 Å². The number of likely N-dealkylation sites (N-methyl/N-ethyl adjacent to an activating group) is 1. The number of aromatic amines is 1. The summed E-state index contributed by atoms with van der Waals surface area (Å²) in [5.41, 5.74) is -3.93. The van der Waals surface area contributed by atoms with E-state index in [1.807, 2.05) is 0 Å². The molecule has 15 heteroatoms. The Hall–Kier alpha value is -3.95. The van der Waals surface area contributed by atoms with Gasteiger partial charge in [0.05, 0.1) is 17.0 Å². The number of anilines is 1. The molecule has 1 spiro atoms. The summed E-state index contributed by atoms with van der Waals surface area (Å²) >= 11 is 0. The van der Waals surface area contributed by atoms with Gasteiger partial charge in [0, 0.05) is 30.7 Å². The number of aromatic nitrogens is 1. The molecule has 2 aliphatic rings. The van der Waals surface area contributed by atoms with Crippen LogP contribution in [-0.2, 0) is 25.1 Å². The molecule has 1 saturated heterocycles. The average Bonchev–Trinajstić information content (AvgIpc) is 3.64. The van der Waals surface area contributed by atoms with Gasteiger partial charge < -0.3 is 25.2 Å². The fourth-order valence-corrected chi connectivity index (χ4v) is 6.71. The van der Waals surface area contributed by atoms with Crippen LogP contribution in [0.3, 0.4) is 0 Å². The second-order valence-corrected chi connectivity index (χ2v) is 12.9. The number of carbonyl (C=O) groups excluding carboxylic acids is 3. The second-order valence-electron chi connectivity index (χ2n) is 11.4. The third kappa shape index (κ3) is 5.04. The summed E-state index contributed by atoms with van der Waals surface area (Å²) in [5.74, 6) is -6.43. The molecule has 5 rings (SSSR count). The SMILES string of the molecule is CC(C)C[C@@H](C(=O)N1C[C@]2(C[C@H]1C(O)S(=O)(=O)O)C(=O)Nc1ccccc12)N(C)C(=O)c1cc2c(F)cc(F)c(F)c2[nH]1. The predicted molar refractivity (Wildman–Crippen MR) is 148 cm³/mol. The molecule has 3 amide bonds. The van der Waals surface area contributed by atoms with E-state index in [1.54, 1.807) is 38.1 Å². The van der Waals surface area contributed by atoms with Gasteiger partial charge in [-0.2, -0.15) is 8.42 Å². The Morgan fingerprint density at radius 2 is 1.84 bits per heavy atom. The number of likely N-dealkylation sites (tertiary alicyclic amines) is 1. The van der Waals surface area contributed by atoms with Crippen molar-refractivity contribution in [2.75, 3.05) is 18.9 Å². The molecule has 0 radical (unpaired) electrons. The molecular weight excluding hydrogens is 593 g/mol. The third-order valence-electron chi connectivity index (χ3n) is 8.20. The van der Waals surface area contributed by atoms with Crippen molar-refractivity contribution in [2.24, 2.45) is 5.92 Å². The largest absolute Gasteiger partial charge is 0.373 e. The number of carbonyl (C=O) groups is 3. The van der Waals surface area contributed by atoms with Gasteiger partial charge in [-0.3, -0.25) is 18.9 Å². The van der Waals surface area contributed by atoms with Crippen molar-refractivity contribution < 1.29 is 45.6 Å². The molecular formula is C28H29F3N4O7S. The summed E-state index contributed by atoms with van der Waals surface area (Å²) in [6.07, 6.45) is -0.319. The van der Waals surface area contributed by atoms with E-state index in [0.717, 1.165) is 15.9 Å². The Kier molecular flexibility index (Phi) is 7.55. The second kappa shape index (κ2) is 10.6. The number of rotatable bonds is 7. The van der Waals surface area contributed by atoms with E-state index in [9.17, 15) is 45.6 Å². The molecule has 1 unspecified atom stereocenters. The number of aliphatic hydroxyl groups is 1. The van der Waals surface area contributed by atoms with Crippen molar-refractivity contribution in [1.29, 1.82) is 0 Å². The molecule has 2 aliphatic heterocycles. The first kappa shape index (κ1) is 30.5. The normalized spacial score (nSPS) is 21.4. The summed E-state index contributed by atoms with van der Waals surface area (Å²) in [7, 11) is -3.85. The van der Waals surface area contributed by atoms with Crippen LogP contribution < -0.4 is 5.32 Å². The van der Waals surface area contributed by atoms with Crippen molar-refractivity contribution in [3.05, 3.63) is 65.1 Å². The van der Waals surface area contributed by atoms with Gasteiger partial charge in [0.2, 0.25) is 17.3 Å². The standard InChI is InChI=1S/C28H29F3N4O7S/c1-13(2)8-20(34(3)24(36)19-9-14-16(29)10-17(30)22(31)23(14)32-19)25(37)35-12-28(11-21(35)26(38)43(40,41)42)15-6-4-5-7-18(15)33-27(28)39/h4-7,9-10,13,20-21,26,32,38H,8,11-12H2,1-3H3,(H,33,39)(H,40,41,42)/t20-,21-,26?,28-/m0/s1. The smallest absolute Gasteiger partial charge is 0.294 e. The number of hydrogen-bond donors (Lipinski definition) is 4. The Morgan fingerprint density at radius 1 is 1.16 bits per heavy atom. The molecule has 1 fully saturated rings. The van der Waals surface area contributed by atoms with Crippen LogP contribution >= 0.6 is 0 Å². The van der Waals surface area contributed by atoms with E-state index in [-0.39, 0.29) is 36.4 Å². The first-order valence-corrected chi connectivity index (χ1v) is 14.9. The third-order valence-corrected chi connectivity index (χ3v) is 9.12. The molecule has 43 heavy (non-hydrogen) atoms. The zero-order valence-electron chi connectivity index (χ0n) is 23.3. The minimum Gasteiger partial charge on any atom is -0.373 e. The number of amides is 3. The summed E-state index contributed by atoms with van der Waals surface area (Å²) < 4.78 is 76.3. The van der Waals surface area contributed by atoms with Crippen LogP contribution in [0.1, 0.15) is 42.7 Å². The van der Waals surface area contributed by atoms with E-state index in [1.165, 1.54) is 7.05 Å². The van der Waals surface area contributed by atoms with E-state index >= 15 is 0 Å². The number of para-hydroxylation sites is 1. The lowest BCUT2D eigenvalue weighted by molar-refractivity contribution is -0.138. The van der Waals surface area contributed by atoms with Gasteiger partial charge in [0.25, 0.3) is 16.0 Å². The van der Waals surface area contributed by atoms with Crippen LogP contribution in [0.4, 0.5) is 18.9 Å². The van der Waals surface area contributed by atoms with Gasteiger partial charge in [0.15, 0.2) is 11.6 Å². The maximum Gasteiger partial charge on any atom is 0.294 e. The number of nitrogens with one attached hydrogen (secondary N) is 2. The maximum atomic E-state index is 14.3.